The summed E-state index contributed by atoms with van der Waals surface area (Å²) >= 11 is 0. The van der Waals surface area contributed by atoms with E-state index in [1.807, 2.05) is 0 Å². The van der Waals surface area contributed by atoms with Crippen molar-refractivity contribution in [3.63, 3.8) is 0 Å². The second-order valence-corrected chi connectivity index (χ2v) is 16.4. The van der Waals surface area contributed by atoms with Crippen LogP contribution >= 0.6 is 0 Å². The molecule has 0 radical (unpaired) electrons. The van der Waals surface area contributed by atoms with E-state index >= 15 is 0 Å². The molecule has 0 aromatic heterocycles. The van der Waals surface area contributed by atoms with Crippen LogP contribution in [0, 0.1) is 56.2 Å². The van der Waals surface area contributed by atoms with Gasteiger partial charge >= 0.3 is 0 Å². The fourth-order valence-electron chi connectivity index (χ4n) is 12.1. The Balaban J connectivity index is 1.36. The lowest BCUT2D eigenvalue weighted by Crippen LogP contribution is -2.59. The third-order valence-corrected chi connectivity index (χ3v) is 14.0. The summed E-state index contributed by atoms with van der Waals surface area (Å²) < 4.78 is 6.75. The molecule has 35 heavy (non-hydrogen) atoms. The lowest BCUT2D eigenvalue weighted by atomic mass is 9.41. The van der Waals surface area contributed by atoms with Crippen molar-refractivity contribution in [2.45, 2.75) is 137 Å². The molecular formula is C31H52O4. The second kappa shape index (κ2) is 7.07. The molecule has 0 aromatic carbocycles. The van der Waals surface area contributed by atoms with Crippen LogP contribution in [0.4, 0.5) is 0 Å². The first-order chi connectivity index (χ1) is 16.1. The Hall–Kier alpha value is -0.160. The summed E-state index contributed by atoms with van der Waals surface area (Å²) in [6.07, 6.45) is 7.55. The fraction of sp³-hybridized carbons (Fsp3) is 1.00. The Morgan fingerprint density at radius 2 is 1.51 bits per heavy atom. The Morgan fingerprint density at radius 3 is 2.17 bits per heavy atom. The van der Waals surface area contributed by atoms with Crippen LogP contribution in [0.3, 0.4) is 0 Å². The van der Waals surface area contributed by atoms with E-state index in [-0.39, 0.29) is 40.0 Å². The number of aliphatic hydroxyl groups excluding tert-OH is 3. The van der Waals surface area contributed by atoms with E-state index in [1.54, 1.807) is 0 Å². The molecule has 5 saturated carbocycles. The molecule has 13 atom stereocenters. The number of hydrogen-bond donors (Lipinski definition) is 3. The molecule has 4 heteroatoms. The molecule has 6 rings (SSSR count). The molecule has 6 fully saturated rings. The first-order valence-corrected chi connectivity index (χ1v) is 14.8. The summed E-state index contributed by atoms with van der Waals surface area (Å²) in [6, 6.07) is 0. The average molecular weight is 489 g/mol. The molecule has 1 heterocycles. The van der Waals surface area contributed by atoms with Crippen molar-refractivity contribution in [2.24, 2.45) is 56.2 Å². The molecule has 4 nitrogen and oxygen atoms in total. The highest BCUT2D eigenvalue weighted by molar-refractivity contribution is 5.32. The van der Waals surface area contributed by atoms with E-state index in [0.29, 0.717) is 34.5 Å². The van der Waals surface area contributed by atoms with Crippen LogP contribution in [0.1, 0.15) is 107 Å². The van der Waals surface area contributed by atoms with Crippen molar-refractivity contribution in [1.82, 2.24) is 0 Å². The number of rotatable bonds is 1. The fourth-order valence-corrected chi connectivity index (χ4v) is 12.1. The van der Waals surface area contributed by atoms with Crippen LogP contribution in [-0.2, 0) is 4.74 Å². The molecule has 6 aliphatic rings. The molecule has 0 bridgehead atoms. The van der Waals surface area contributed by atoms with Crippen LogP contribution in [0.15, 0.2) is 0 Å². The summed E-state index contributed by atoms with van der Waals surface area (Å²) in [5, 5.41) is 34.3. The van der Waals surface area contributed by atoms with Crippen molar-refractivity contribution in [1.29, 1.82) is 0 Å². The van der Waals surface area contributed by atoms with Gasteiger partial charge in [-0.1, -0.05) is 55.4 Å². The number of aliphatic hydroxyl groups is 3. The molecule has 2 spiro atoms. The molecule has 200 valence electrons. The summed E-state index contributed by atoms with van der Waals surface area (Å²) in [5.74, 6) is 1.91. The SMILES string of the molecule is C[C@@H]1C[C@H](C(O)C(C)(C)C)O[C@H]2C1[C@@]1(C)CC[C@@]34CC35CC[C@H](O)C(C)(C)[C@@H]5CC[C@H]4[C@]1(C)[C@H]2O. The van der Waals surface area contributed by atoms with Gasteiger partial charge in [-0.15, -0.1) is 0 Å². The van der Waals surface area contributed by atoms with Crippen LogP contribution in [-0.4, -0.2) is 45.8 Å². The van der Waals surface area contributed by atoms with E-state index in [2.05, 4.69) is 55.4 Å². The van der Waals surface area contributed by atoms with Crippen LogP contribution in [0.2, 0.25) is 0 Å². The predicted octanol–water partition coefficient (Wildman–Crippen LogP) is 5.57. The van der Waals surface area contributed by atoms with E-state index in [0.717, 1.165) is 12.8 Å². The number of ether oxygens (including phenoxy) is 1. The first-order valence-electron chi connectivity index (χ1n) is 14.8. The quantitative estimate of drug-likeness (QED) is 0.451. The zero-order chi connectivity index (χ0) is 25.6. The lowest BCUT2D eigenvalue weighted by Gasteiger charge is -2.63. The Kier molecular flexibility index (Phi) is 5.08. The molecule has 0 aromatic rings. The topological polar surface area (TPSA) is 69.9 Å². The molecule has 1 aliphatic heterocycles. The zero-order valence-corrected chi connectivity index (χ0v) is 23.6. The monoisotopic (exact) mass is 488 g/mol. The smallest absolute Gasteiger partial charge is 0.0880 e. The highest BCUT2D eigenvalue weighted by Crippen LogP contribution is 2.89. The van der Waals surface area contributed by atoms with Crippen molar-refractivity contribution in [3.05, 3.63) is 0 Å². The molecular weight excluding hydrogens is 436 g/mol. The normalized spacial score (nSPS) is 59.4. The highest BCUT2D eigenvalue weighted by Gasteiger charge is 2.84. The second-order valence-electron chi connectivity index (χ2n) is 16.4. The van der Waals surface area contributed by atoms with Crippen molar-refractivity contribution < 1.29 is 20.1 Å². The minimum Gasteiger partial charge on any atom is -0.393 e. The Bertz CT molecular complexity index is 893. The molecule has 5 aliphatic carbocycles. The van der Waals surface area contributed by atoms with E-state index in [9.17, 15) is 15.3 Å². The van der Waals surface area contributed by atoms with Crippen LogP contribution in [0.5, 0.6) is 0 Å². The average Bonchev–Trinajstić information content (AvgIpc) is 3.40. The summed E-state index contributed by atoms with van der Waals surface area (Å²) in [6.45, 7) is 18.2. The van der Waals surface area contributed by atoms with Gasteiger partial charge in [-0.05, 0) is 102 Å². The van der Waals surface area contributed by atoms with Gasteiger partial charge in [0.05, 0.1) is 30.5 Å². The van der Waals surface area contributed by atoms with E-state index < -0.39 is 12.2 Å². The van der Waals surface area contributed by atoms with Gasteiger partial charge in [-0.25, -0.2) is 0 Å². The maximum absolute atomic E-state index is 12.2. The zero-order valence-electron chi connectivity index (χ0n) is 23.6. The van der Waals surface area contributed by atoms with Gasteiger partial charge in [0.1, 0.15) is 0 Å². The number of fused-ring (bicyclic) bond motifs is 4. The largest absolute Gasteiger partial charge is 0.393 e. The molecule has 1 saturated heterocycles. The lowest BCUT2D eigenvalue weighted by molar-refractivity contribution is -0.189. The molecule has 0 amide bonds. The summed E-state index contributed by atoms with van der Waals surface area (Å²) in [5.41, 5.74) is 0.361. The van der Waals surface area contributed by atoms with Gasteiger partial charge < -0.3 is 20.1 Å². The number of hydrogen-bond acceptors (Lipinski definition) is 4. The van der Waals surface area contributed by atoms with Crippen molar-refractivity contribution in [3.8, 4) is 0 Å². The maximum atomic E-state index is 12.2. The van der Waals surface area contributed by atoms with Crippen molar-refractivity contribution in [2.75, 3.05) is 0 Å². The summed E-state index contributed by atoms with van der Waals surface area (Å²) in [4.78, 5) is 0. The Labute approximate surface area is 213 Å². The van der Waals surface area contributed by atoms with Gasteiger partial charge in [0.15, 0.2) is 0 Å². The van der Waals surface area contributed by atoms with Gasteiger partial charge in [0.25, 0.3) is 0 Å². The highest BCUT2D eigenvalue weighted by atomic mass is 16.5. The standard InChI is InChI=1S/C31H52O4/c1-17-15-18(24(33)26(2,3)4)35-23-22(17)28(7)13-14-31-16-30(31)12-11-21(32)27(5,6)19(30)9-10-20(31)29(28,8)25(23)34/h17-25,32-34H,9-16H2,1-8H3/t17-,18-,19+,20+,21+,22?,23+,24?,25+,28-,29-,30?,31+/m1/s1. The van der Waals surface area contributed by atoms with Gasteiger partial charge in [-0.3, -0.25) is 0 Å². The molecule has 3 unspecified atom stereocenters. The maximum Gasteiger partial charge on any atom is 0.0880 e. The van der Waals surface area contributed by atoms with Crippen molar-refractivity contribution >= 4 is 0 Å². The minimum absolute atomic E-state index is 0.00933. The minimum atomic E-state index is -0.522. The van der Waals surface area contributed by atoms with Gasteiger partial charge in [0, 0.05) is 5.41 Å². The third kappa shape index (κ3) is 2.74. The van der Waals surface area contributed by atoms with Gasteiger partial charge in [0.2, 0.25) is 0 Å². The first kappa shape index (κ1) is 25.1. The van der Waals surface area contributed by atoms with Crippen LogP contribution in [0.25, 0.3) is 0 Å². The molecule has 3 N–H and O–H groups in total. The predicted molar refractivity (Wildman–Crippen MR) is 138 cm³/mol. The van der Waals surface area contributed by atoms with Gasteiger partial charge in [-0.2, -0.15) is 0 Å². The van der Waals surface area contributed by atoms with E-state index in [4.69, 9.17) is 4.74 Å². The summed E-state index contributed by atoms with van der Waals surface area (Å²) in [7, 11) is 0. The van der Waals surface area contributed by atoms with E-state index in [1.165, 1.54) is 38.5 Å². The Morgan fingerprint density at radius 1 is 0.886 bits per heavy atom. The van der Waals surface area contributed by atoms with Crippen LogP contribution < -0.4 is 0 Å². The third-order valence-electron chi connectivity index (χ3n) is 14.0.